The highest BCUT2D eigenvalue weighted by atomic mass is 32.1. The third-order valence-corrected chi connectivity index (χ3v) is 4.19. The summed E-state index contributed by atoms with van der Waals surface area (Å²) in [5.74, 6) is -2.41. The normalized spacial score (nSPS) is 10.4. The second kappa shape index (κ2) is 7.83. The van der Waals surface area contributed by atoms with E-state index in [-0.39, 0.29) is 23.3 Å². The molecule has 3 rings (SSSR count). The number of benzene rings is 2. The van der Waals surface area contributed by atoms with Gasteiger partial charge >= 0.3 is 11.8 Å². The Hall–Kier alpha value is -3.13. The van der Waals surface area contributed by atoms with Crippen LogP contribution >= 0.6 is 11.3 Å². The predicted molar refractivity (Wildman–Crippen MR) is 94.4 cm³/mol. The van der Waals surface area contributed by atoms with E-state index in [2.05, 4.69) is 15.6 Å². The van der Waals surface area contributed by atoms with Crippen molar-refractivity contribution in [3.8, 4) is 11.3 Å². The zero-order valence-corrected chi connectivity index (χ0v) is 14.1. The molecule has 1 aromatic heterocycles. The summed E-state index contributed by atoms with van der Waals surface area (Å²) in [7, 11) is 0. The molecule has 26 heavy (non-hydrogen) atoms. The predicted octanol–water partition coefficient (Wildman–Crippen LogP) is 3.34. The van der Waals surface area contributed by atoms with Gasteiger partial charge in [-0.2, -0.15) is 0 Å². The maximum atomic E-state index is 12.9. The van der Waals surface area contributed by atoms with E-state index in [1.165, 1.54) is 36.4 Å². The van der Waals surface area contributed by atoms with Gasteiger partial charge in [-0.25, -0.2) is 13.8 Å². The first-order valence-electron chi connectivity index (χ1n) is 7.56. The van der Waals surface area contributed by atoms with Crippen molar-refractivity contribution in [2.24, 2.45) is 0 Å². The maximum absolute atomic E-state index is 12.9. The quantitative estimate of drug-likeness (QED) is 0.689. The first-order valence-corrected chi connectivity index (χ1v) is 8.44. The lowest BCUT2D eigenvalue weighted by molar-refractivity contribution is -0.136. The first-order chi connectivity index (χ1) is 12.5. The van der Waals surface area contributed by atoms with Crippen LogP contribution in [0.3, 0.4) is 0 Å². The van der Waals surface area contributed by atoms with Crippen LogP contribution < -0.4 is 10.6 Å². The maximum Gasteiger partial charge on any atom is 0.315 e. The minimum Gasteiger partial charge on any atom is -0.344 e. The highest BCUT2D eigenvalue weighted by Gasteiger charge is 2.15. The Morgan fingerprint density at radius 3 is 2.19 bits per heavy atom. The molecule has 132 valence electrons. The summed E-state index contributed by atoms with van der Waals surface area (Å²) in [5, 5.41) is 6.81. The molecule has 0 aliphatic rings. The number of aromatic nitrogens is 1. The topological polar surface area (TPSA) is 71.1 Å². The van der Waals surface area contributed by atoms with Crippen molar-refractivity contribution in [1.82, 2.24) is 10.3 Å². The number of amides is 2. The van der Waals surface area contributed by atoms with Crippen LogP contribution in [0, 0.1) is 11.6 Å². The number of halogens is 2. The third kappa shape index (κ3) is 4.48. The number of nitrogens with zero attached hydrogens (tertiary/aromatic N) is 1. The van der Waals surface area contributed by atoms with Gasteiger partial charge in [0.1, 0.15) is 11.6 Å². The molecular formula is C18H13F2N3O2S. The van der Waals surface area contributed by atoms with Gasteiger partial charge in [0.05, 0.1) is 5.69 Å². The fraction of sp³-hybridized carbons (Fsp3) is 0.0556. The van der Waals surface area contributed by atoms with Gasteiger partial charge in [-0.3, -0.25) is 14.9 Å². The van der Waals surface area contributed by atoms with Crippen molar-refractivity contribution in [3.63, 3.8) is 0 Å². The molecule has 0 fully saturated rings. The molecule has 0 aliphatic carbocycles. The van der Waals surface area contributed by atoms with Gasteiger partial charge in [0.2, 0.25) is 0 Å². The molecule has 0 atom stereocenters. The summed E-state index contributed by atoms with van der Waals surface area (Å²) >= 11 is 1.15. The Morgan fingerprint density at radius 2 is 1.54 bits per heavy atom. The van der Waals surface area contributed by atoms with Crippen LogP contribution in [0.1, 0.15) is 5.56 Å². The Labute approximate surface area is 151 Å². The molecule has 2 N–H and O–H groups in total. The Kier molecular flexibility index (Phi) is 5.33. The number of hydrogen-bond donors (Lipinski definition) is 2. The molecular weight excluding hydrogens is 360 g/mol. The van der Waals surface area contributed by atoms with Crippen molar-refractivity contribution in [1.29, 1.82) is 0 Å². The van der Waals surface area contributed by atoms with Crippen LogP contribution in [0.25, 0.3) is 11.3 Å². The van der Waals surface area contributed by atoms with E-state index >= 15 is 0 Å². The van der Waals surface area contributed by atoms with Crippen molar-refractivity contribution in [2.75, 3.05) is 5.32 Å². The number of nitrogens with one attached hydrogen (secondary N) is 2. The van der Waals surface area contributed by atoms with E-state index in [1.54, 1.807) is 17.5 Å². The highest BCUT2D eigenvalue weighted by Crippen LogP contribution is 2.24. The van der Waals surface area contributed by atoms with Gasteiger partial charge in [0.25, 0.3) is 0 Å². The molecule has 0 radical (unpaired) electrons. The summed E-state index contributed by atoms with van der Waals surface area (Å²) in [6, 6.07) is 11.4. The first kappa shape index (κ1) is 17.7. The molecule has 0 unspecified atom stereocenters. The SMILES string of the molecule is O=C(NCc1ccc(F)cc1)C(=O)Nc1nc(-c2ccc(F)cc2)cs1. The smallest absolute Gasteiger partial charge is 0.315 e. The molecule has 0 saturated carbocycles. The van der Waals surface area contributed by atoms with Crippen LogP contribution in [0.2, 0.25) is 0 Å². The number of carbonyl (C=O) groups excluding carboxylic acids is 2. The molecule has 3 aromatic rings. The third-order valence-electron chi connectivity index (χ3n) is 3.44. The molecule has 1 heterocycles. The number of carbonyl (C=O) groups is 2. The summed E-state index contributed by atoms with van der Waals surface area (Å²) in [6.45, 7) is 0.102. The average Bonchev–Trinajstić information content (AvgIpc) is 3.10. The lowest BCUT2D eigenvalue weighted by Crippen LogP contribution is -2.34. The summed E-state index contributed by atoms with van der Waals surface area (Å²) < 4.78 is 25.8. The molecule has 5 nitrogen and oxygen atoms in total. The van der Waals surface area contributed by atoms with E-state index in [4.69, 9.17) is 0 Å². The monoisotopic (exact) mass is 373 g/mol. The van der Waals surface area contributed by atoms with Crippen molar-refractivity contribution in [2.45, 2.75) is 6.54 Å². The largest absolute Gasteiger partial charge is 0.344 e. The van der Waals surface area contributed by atoms with Crippen LogP contribution in [0.15, 0.2) is 53.9 Å². The van der Waals surface area contributed by atoms with Crippen molar-refractivity contribution >= 4 is 28.3 Å². The number of anilines is 1. The number of rotatable bonds is 4. The van der Waals surface area contributed by atoms with Crippen LogP contribution in [-0.2, 0) is 16.1 Å². The standard InChI is InChI=1S/C18H13F2N3O2S/c19-13-5-1-11(2-6-13)9-21-16(24)17(25)23-18-22-15(10-26-18)12-3-7-14(20)8-4-12/h1-8,10H,9H2,(H,21,24)(H,22,23,25). The Bertz CT molecular complexity index is 924. The molecule has 0 bridgehead atoms. The molecule has 2 amide bonds. The zero-order chi connectivity index (χ0) is 18.5. The molecule has 0 saturated heterocycles. The lowest BCUT2D eigenvalue weighted by Gasteiger charge is -2.05. The molecule has 8 heteroatoms. The van der Waals surface area contributed by atoms with Gasteiger partial charge in [0, 0.05) is 17.5 Å². The molecule has 0 spiro atoms. The van der Waals surface area contributed by atoms with E-state index < -0.39 is 11.8 Å². The summed E-state index contributed by atoms with van der Waals surface area (Å²) in [5.41, 5.74) is 1.93. The van der Waals surface area contributed by atoms with Crippen LogP contribution in [-0.4, -0.2) is 16.8 Å². The Balaban J connectivity index is 1.56. The van der Waals surface area contributed by atoms with Crippen LogP contribution in [0.5, 0.6) is 0 Å². The van der Waals surface area contributed by atoms with Gasteiger partial charge in [0.15, 0.2) is 5.13 Å². The van der Waals surface area contributed by atoms with Crippen LogP contribution in [0.4, 0.5) is 13.9 Å². The second-order valence-electron chi connectivity index (χ2n) is 5.31. The summed E-state index contributed by atoms with van der Waals surface area (Å²) in [4.78, 5) is 28.0. The minimum absolute atomic E-state index is 0.102. The van der Waals surface area contributed by atoms with E-state index in [9.17, 15) is 18.4 Å². The average molecular weight is 373 g/mol. The molecule has 0 aliphatic heterocycles. The highest BCUT2D eigenvalue weighted by molar-refractivity contribution is 7.14. The zero-order valence-electron chi connectivity index (χ0n) is 13.3. The second-order valence-corrected chi connectivity index (χ2v) is 6.17. The fourth-order valence-corrected chi connectivity index (χ4v) is 2.82. The van der Waals surface area contributed by atoms with Gasteiger partial charge in [-0.1, -0.05) is 12.1 Å². The Morgan fingerprint density at radius 1 is 0.923 bits per heavy atom. The summed E-state index contributed by atoms with van der Waals surface area (Å²) in [6.07, 6.45) is 0. The van der Waals surface area contributed by atoms with Crippen molar-refractivity contribution < 1.29 is 18.4 Å². The van der Waals surface area contributed by atoms with E-state index in [1.807, 2.05) is 0 Å². The van der Waals surface area contributed by atoms with E-state index in [0.29, 0.717) is 16.8 Å². The fourth-order valence-electron chi connectivity index (χ4n) is 2.10. The van der Waals surface area contributed by atoms with E-state index in [0.717, 1.165) is 11.3 Å². The molecule has 2 aromatic carbocycles. The van der Waals surface area contributed by atoms with Gasteiger partial charge in [-0.05, 0) is 42.0 Å². The number of hydrogen-bond acceptors (Lipinski definition) is 4. The van der Waals surface area contributed by atoms with Crippen molar-refractivity contribution in [3.05, 3.63) is 71.1 Å². The minimum atomic E-state index is -0.855. The lowest BCUT2D eigenvalue weighted by atomic mass is 10.2. The van der Waals surface area contributed by atoms with Gasteiger partial charge < -0.3 is 5.32 Å². The number of thiazole rings is 1. The van der Waals surface area contributed by atoms with Gasteiger partial charge in [-0.15, -0.1) is 11.3 Å².